The molecule has 1 aromatic carbocycles. The van der Waals surface area contributed by atoms with Gasteiger partial charge in [0.05, 0.1) is 0 Å². The number of aromatic nitrogens is 2. The van der Waals surface area contributed by atoms with Crippen molar-refractivity contribution in [1.82, 2.24) is 9.97 Å². The maximum absolute atomic E-state index is 5.59. The predicted octanol–water partition coefficient (Wildman–Crippen LogP) is 2.46. The molecular formula is C11H9IN4S. The van der Waals surface area contributed by atoms with Gasteiger partial charge in [-0.25, -0.2) is 9.97 Å². The summed E-state index contributed by atoms with van der Waals surface area (Å²) in [6, 6.07) is 7.91. The molecule has 0 spiro atoms. The number of nitrogens with one attached hydrogen (secondary N) is 1. The second-order valence-electron chi connectivity index (χ2n) is 3.25. The van der Waals surface area contributed by atoms with E-state index in [1.54, 1.807) is 12.4 Å². The molecule has 2 aromatic rings. The molecular weight excluding hydrogens is 347 g/mol. The first kappa shape index (κ1) is 12.2. The molecule has 3 N–H and O–H groups in total. The molecule has 0 aliphatic rings. The SMILES string of the molecule is NC(=S)c1nccnc1Nc1cccc(I)c1. The van der Waals surface area contributed by atoms with Crippen LogP contribution in [0.4, 0.5) is 11.5 Å². The number of nitrogens with zero attached hydrogens (tertiary/aromatic N) is 2. The van der Waals surface area contributed by atoms with Crippen LogP contribution in [0.5, 0.6) is 0 Å². The fourth-order valence-electron chi connectivity index (χ4n) is 1.31. The summed E-state index contributed by atoms with van der Waals surface area (Å²) in [6.45, 7) is 0. The molecule has 0 saturated carbocycles. The van der Waals surface area contributed by atoms with Crippen LogP contribution in [0.25, 0.3) is 0 Å². The van der Waals surface area contributed by atoms with E-state index >= 15 is 0 Å². The molecule has 1 aromatic heterocycles. The van der Waals surface area contributed by atoms with Gasteiger partial charge in [-0.3, -0.25) is 0 Å². The third-order valence-corrected chi connectivity index (χ3v) is 2.88. The highest BCUT2D eigenvalue weighted by molar-refractivity contribution is 14.1. The first-order chi connectivity index (χ1) is 8.16. The predicted molar refractivity (Wildman–Crippen MR) is 80.4 cm³/mol. The quantitative estimate of drug-likeness (QED) is 0.654. The van der Waals surface area contributed by atoms with Gasteiger partial charge in [0.1, 0.15) is 10.7 Å². The van der Waals surface area contributed by atoms with Crippen molar-refractivity contribution in [3.8, 4) is 0 Å². The Morgan fingerprint density at radius 3 is 2.76 bits per heavy atom. The maximum atomic E-state index is 5.59. The lowest BCUT2D eigenvalue weighted by Crippen LogP contribution is -2.14. The van der Waals surface area contributed by atoms with Crippen LogP contribution in [0.15, 0.2) is 36.7 Å². The summed E-state index contributed by atoms with van der Waals surface area (Å²) in [6.07, 6.45) is 3.16. The standard InChI is InChI=1S/C11H9IN4S/c12-7-2-1-3-8(6-7)16-11-9(10(13)17)14-4-5-15-11/h1-6H,(H2,13,17)(H,15,16). The summed E-state index contributed by atoms with van der Waals surface area (Å²) < 4.78 is 1.13. The molecule has 0 amide bonds. The Morgan fingerprint density at radius 2 is 2.06 bits per heavy atom. The van der Waals surface area contributed by atoms with E-state index in [1.807, 2.05) is 24.3 Å². The number of anilines is 2. The number of halogens is 1. The molecule has 0 fully saturated rings. The number of thiocarbonyl (C=S) groups is 1. The van der Waals surface area contributed by atoms with Crippen LogP contribution in [0, 0.1) is 3.57 Å². The highest BCUT2D eigenvalue weighted by atomic mass is 127. The molecule has 0 aliphatic carbocycles. The van der Waals surface area contributed by atoms with E-state index in [0.29, 0.717) is 11.5 Å². The van der Waals surface area contributed by atoms with Crippen LogP contribution in [0.2, 0.25) is 0 Å². The van der Waals surface area contributed by atoms with Gasteiger partial charge < -0.3 is 11.1 Å². The Balaban J connectivity index is 2.33. The molecule has 0 bridgehead atoms. The largest absolute Gasteiger partial charge is 0.388 e. The minimum absolute atomic E-state index is 0.228. The van der Waals surface area contributed by atoms with Gasteiger partial charge in [-0.1, -0.05) is 18.3 Å². The molecule has 0 unspecified atom stereocenters. The molecule has 2 rings (SSSR count). The van der Waals surface area contributed by atoms with Crippen LogP contribution in [-0.4, -0.2) is 15.0 Å². The van der Waals surface area contributed by atoms with Crippen molar-refractivity contribution in [3.05, 3.63) is 45.9 Å². The highest BCUT2D eigenvalue weighted by Gasteiger charge is 2.07. The second-order valence-corrected chi connectivity index (χ2v) is 4.94. The van der Waals surface area contributed by atoms with Gasteiger partial charge in [-0.2, -0.15) is 0 Å². The number of hydrogen-bond acceptors (Lipinski definition) is 4. The zero-order valence-corrected chi connectivity index (χ0v) is 11.7. The maximum Gasteiger partial charge on any atom is 0.159 e. The number of benzene rings is 1. The lowest BCUT2D eigenvalue weighted by Gasteiger charge is -2.08. The van der Waals surface area contributed by atoms with Gasteiger partial charge in [-0.15, -0.1) is 0 Å². The minimum atomic E-state index is 0.228. The Bertz CT molecular complexity index is 559. The average molecular weight is 356 g/mol. The zero-order chi connectivity index (χ0) is 12.3. The summed E-state index contributed by atoms with van der Waals surface area (Å²) in [5, 5.41) is 3.15. The van der Waals surface area contributed by atoms with E-state index in [1.165, 1.54) is 0 Å². The molecule has 0 saturated heterocycles. The van der Waals surface area contributed by atoms with E-state index in [9.17, 15) is 0 Å². The van der Waals surface area contributed by atoms with Crippen molar-refractivity contribution in [2.24, 2.45) is 5.73 Å². The monoisotopic (exact) mass is 356 g/mol. The molecule has 6 heteroatoms. The van der Waals surface area contributed by atoms with Crippen LogP contribution in [0.3, 0.4) is 0 Å². The first-order valence-corrected chi connectivity index (χ1v) is 6.29. The molecule has 1 heterocycles. The summed E-state index contributed by atoms with van der Waals surface area (Å²) in [7, 11) is 0. The summed E-state index contributed by atoms with van der Waals surface area (Å²) in [5.74, 6) is 0.571. The summed E-state index contributed by atoms with van der Waals surface area (Å²) >= 11 is 7.17. The number of hydrogen-bond donors (Lipinski definition) is 2. The van der Waals surface area contributed by atoms with Gasteiger partial charge in [-0.05, 0) is 40.8 Å². The van der Waals surface area contributed by atoms with E-state index < -0.39 is 0 Å². The smallest absolute Gasteiger partial charge is 0.159 e. The second kappa shape index (κ2) is 5.37. The van der Waals surface area contributed by atoms with Crippen LogP contribution in [0.1, 0.15) is 5.69 Å². The van der Waals surface area contributed by atoms with Gasteiger partial charge >= 0.3 is 0 Å². The highest BCUT2D eigenvalue weighted by Crippen LogP contribution is 2.18. The van der Waals surface area contributed by atoms with Crippen LogP contribution >= 0.6 is 34.8 Å². The fraction of sp³-hybridized carbons (Fsp3) is 0. The first-order valence-electron chi connectivity index (χ1n) is 4.80. The Labute approximate surface area is 118 Å². The third-order valence-electron chi connectivity index (χ3n) is 2.02. The molecule has 17 heavy (non-hydrogen) atoms. The summed E-state index contributed by atoms with van der Waals surface area (Å²) in [4.78, 5) is 8.51. The van der Waals surface area contributed by atoms with E-state index in [0.717, 1.165) is 9.26 Å². The van der Waals surface area contributed by atoms with Crippen LogP contribution in [-0.2, 0) is 0 Å². The van der Waals surface area contributed by atoms with Crippen molar-refractivity contribution in [2.75, 3.05) is 5.32 Å². The van der Waals surface area contributed by atoms with E-state index in [2.05, 4.69) is 37.9 Å². The van der Waals surface area contributed by atoms with Gasteiger partial charge in [0.2, 0.25) is 0 Å². The van der Waals surface area contributed by atoms with Crippen molar-refractivity contribution < 1.29 is 0 Å². The van der Waals surface area contributed by atoms with Crippen molar-refractivity contribution in [3.63, 3.8) is 0 Å². The molecule has 0 aliphatic heterocycles. The lowest BCUT2D eigenvalue weighted by atomic mass is 10.3. The molecule has 86 valence electrons. The van der Waals surface area contributed by atoms with E-state index in [4.69, 9.17) is 18.0 Å². The lowest BCUT2D eigenvalue weighted by molar-refractivity contribution is 1.18. The van der Waals surface area contributed by atoms with Crippen molar-refractivity contribution in [1.29, 1.82) is 0 Å². The Morgan fingerprint density at radius 1 is 1.29 bits per heavy atom. The van der Waals surface area contributed by atoms with Gasteiger partial charge in [0.15, 0.2) is 5.82 Å². The Hall–Kier alpha value is -1.28. The topological polar surface area (TPSA) is 63.8 Å². The normalized spacial score (nSPS) is 9.94. The van der Waals surface area contributed by atoms with E-state index in [-0.39, 0.29) is 4.99 Å². The molecule has 4 nitrogen and oxygen atoms in total. The molecule has 0 radical (unpaired) electrons. The zero-order valence-electron chi connectivity index (χ0n) is 8.72. The van der Waals surface area contributed by atoms with Gasteiger partial charge in [0, 0.05) is 21.7 Å². The van der Waals surface area contributed by atoms with Gasteiger partial charge in [0.25, 0.3) is 0 Å². The fourth-order valence-corrected chi connectivity index (χ4v) is 2.01. The number of rotatable bonds is 3. The minimum Gasteiger partial charge on any atom is -0.388 e. The summed E-state index contributed by atoms with van der Waals surface area (Å²) in [5.41, 5.74) is 7.01. The van der Waals surface area contributed by atoms with Crippen molar-refractivity contribution in [2.45, 2.75) is 0 Å². The van der Waals surface area contributed by atoms with Crippen LogP contribution < -0.4 is 11.1 Å². The Kier molecular flexibility index (Phi) is 3.85. The molecule has 0 atom stereocenters. The third kappa shape index (κ3) is 3.10. The average Bonchev–Trinajstić information content (AvgIpc) is 2.29. The number of nitrogens with two attached hydrogens (primary N) is 1. The van der Waals surface area contributed by atoms with Crippen molar-refractivity contribution >= 4 is 51.3 Å².